The Labute approximate surface area is 154 Å². The van der Waals surface area contributed by atoms with Crippen molar-refractivity contribution < 1.29 is 4.79 Å². The van der Waals surface area contributed by atoms with Crippen molar-refractivity contribution in [2.24, 2.45) is 0 Å². The Balaban J connectivity index is 0.00000208. The molecule has 1 fully saturated rings. The molecule has 0 bridgehead atoms. The van der Waals surface area contributed by atoms with Gasteiger partial charge in [-0.25, -0.2) is 0 Å². The molecule has 1 aliphatic carbocycles. The van der Waals surface area contributed by atoms with Crippen LogP contribution in [0.1, 0.15) is 30.4 Å². The molecule has 0 aliphatic heterocycles. The van der Waals surface area contributed by atoms with Crippen molar-refractivity contribution in [2.75, 3.05) is 12.3 Å². The highest BCUT2D eigenvalue weighted by molar-refractivity contribution is 6.30. The van der Waals surface area contributed by atoms with Crippen LogP contribution in [0.2, 0.25) is 5.02 Å². The summed E-state index contributed by atoms with van der Waals surface area (Å²) in [5.41, 5.74) is 8.69. The summed E-state index contributed by atoms with van der Waals surface area (Å²) in [5, 5.41) is 3.84. The van der Waals surface area contributed by atoms with Gasteiger partial charge in [0.15, 0.2) is 0 Å². The number of amides is 1. The lowest BCUT2D eigenvalue weighted by molar-refractivity contribution is -0.120. The number of hydrogen-bond acceptors (Lipinski definition) is 2. The van der Waals surface area contributed by atoms with Gasteiger partial charge in [-0.2, -0.15) is 0 Å². The molecule has 2 aromatic carbocycles. The topological polar surface area (TPSA) is 55.1 Å². The molecule has 3 N–H and O–H groups in total. The number of rotatable bonds is 5. The molecule has 5 heteroatoms. The third-order valence-electron chi connectivity index (χ3n) is 4.74. The highest BCUT2D eigenvalue weighted by atomic mass is 35.5. The van der Waals surface area contributed by atoms with E-state index in [0.717, 1.165) is 23.4 Å². The van der Waals surface area contributed by atoms with Crippen LogP contribution in [0.5, 0.6) is 0 Å². The van der Waals surface area contributed by atoms with Crippen LogP contribution in [-0.4, -0.2) is 12.5 Å². The molecule has 1 aliphatic rings. The number of nitrogens with one attached hydrogen (secondary N) is 1. The van der Waals surface area contributed by atoms with Crippen molar-refractivity contribution in [2.45, 2.75) is 31.1 Å². The average Bonchev–Trinajstić information content (AvgIpc) is 2.50. The molecule has 0 radical (unpaired) electrons. The molecule has 1 amide bonds. The Bertz CT molecular complexity index is 680. The predicted molar refractivity (Wildman–Crippen MR) is 102 cm³/mol. The summed E-state index contributed by atoms with van der Waals surface area (Å²) in [5.74, 6) is 0.0509. The van der Waals surface area contributed by atoms with E-state index in [2.05, 4.69) is 17.4 Å². The average molecular weight is 365 g/mol. The van der Waals surface area contributed by atoms with Gasteiger partial charge in [-0.05, 0) is 48.2 Å². The summed E-state index contributed by atoms with van der Waals surface area (Å²) in [4.78, 5) is 12.2. The van der Waals surface area contributed by atoms with Crippen LogP contribution in [0, 0.1) is 0 Å². The van der Waals surface area contributed by atoms with E-state index in [1.807, 2.05) is 36.4 Å². The van der Waals surface area contributed by atoms with E-state index < -0.39 is 0 Å². The molecular weight excluding hydrogens is 343 g/mol. The fourth-order valence-corrected chi connectivity index (χ4v) is 3.25. The molecule has 0 aromatic heterocycles. The summed E-state index contributed by atoms with van der Waals surface area (Å²) in [6.45, 7) is 0.683. The zero-order valence-electron chi connectivity index (χ0n) is 13.4. The van der Waals surface area contributed by atoms with Crippen LogP contribution >= 0.6 is 24.0 Å². The van der Waals surface area contributed by atoms with Crippen molar-refractivity contribution >= 4 is 35.6 Å². The van der Waals surface area contributed by atoms with Gasteiger partial charge in [-0.15, -0.1) is 12.4 Å². The summed E-state index contributed by atoms with van der Waals surface area (Å²) < 4.78 is 0. The van der Waals surface area contributed by atoms with E-state index >= 15 is 0 Å². The van der Waals surface area contributed by atoms with Crippen LogP contribution in [-0.2, 0) is 16.6 Å². The fourth-order valence-electron chi connectivity index (χ4n) is 3.13. The zero-order chi connectivity index (χ0) is 16.3. The fraction of sp³-hybridized carbons (Fsp3) is 0.316. The highest BCUT2D eigenvalue weighted by Gasteiger charge is 2.38. The van der Waals surface area contributed by atoms with Gasteiger partial charge in [0.25, 0.3) is 0 Å². The number of hydrogen-bond donors (Lipinski definition) is 2. The van der Waals surface area contributed by atoms with Crippen molar-refractivity contribution in [3.8, 4) is 0 Å². The minimum Gasteiger partial charge on any atom is -0.399 e. The van der Waals surface area contributed by atoms with Crippen LogP contribution in [0.3, 0.4) is 0 Å². The van der Waals surface area contributed by atoms with Gasteiger partial charge in [0.1, 0.15) is 0 Å². The van der Waals surface area contributed by atoms with Crippen LogP contribution in [0.4, 0.5) is 5.69 Å². The third-order valence-corrected chi connectivity index (χ3v) is 4.99. The summed E-state index contributed by atoms with van der Waals surface area (Å²) in [6.07, 6.45) is 3.81. The van der Waals surface area contributed by atoms with Gasteiger partial charge in [-0.3, -0.25) is 4.79 Å². The summed E-state index contributed by atoms with van der Waals surface area (Å²) in [7, 11) is 0. The molecule has 0 saturated heterocycles. The first-order chi connectivity index (χ1) is 11.1. The Morgan fingerprint density at radius 2 is 1.71 bits per heavy atom. The summed E-state index contributed by atoms with van der Waals surface area (Å²) >= 11 is 5.97. The molecule has 3 nitrogen and oxygen atoms in total. The van der Waals surface area contributed by atoms with Crippen LogP contribution < -0.4 is 11.1 Å². The van der Waals surface area contributed by atoms with E-state index in [9.17, 15) is 4.79 Å². The minimum absolute atomic E-state index is 0. The summed E-state index contributed by atoms with van der Waals surface area (Å²) in [6, 6.07) is 15.4. The van der Waals surface area contributed by atoms with E-state index in [1.165, 1.54) is 12.0 Å². The zero-order valence-corrected chi connectivity index (χ0v) is 15.0. The van der Waals surface area contributed by atoms with Crippen molar-refractivity contribution in [1.82, 2.24) is 5.32 Å². The highest BCUT2D eigenvalue weighted by Crippen LogP contribution is 2.43. The van der Waals surface area contributed by atoms with Crippen molar-refractivity contribution in [1.29, 1.82) is 0 Å². The van der Waals surface area contributed by atoms with E-state index in [0.29, 0.717) is 18.7 Å². The molecule has 1 saturated carbocycles. The monoisotopic (exact) mass is 364 g/mol. The van der Waals surface area contributed by atoms with Gasteiger partial charge in [0.2, 0.25) is 5.91 Å². The lowest BCUT2D eigenvalue weighted by Crippen LogP contribution is -2.45. The standard InChI is InChI=1S/C19H21ClN2O.ClH/c20-16-6-4-15(5-7-16)19(10-1-11-19)13-22-18(23)12-14-2-8-17(21)9-3-14;/h2-9H,1,10-13,21H2,(H,22,23);1H. The van der Waals surface area contributed by atoms with E-state index in [4.69, 9.17) is 17.3 Å². The minimum atomic E-state index is 0. The molecule has 2 aromatic rings. The Kier molecular flexibility index (Phi) is 6.14. The molecule has 3 rings (SSSR count). The van der Waals surface area contributed by atoms with Gasteiger partial charge in [-0.1, -0.05) is 42.3 Å². The maximum absolute atomic E-state index is 12.2. The first-order valence-electron chi connectivity index (χ1n) is 7.95. The Morgan fingerprint density at radius 3 is 2.25 bits per heavy atom. The number of carbonyl (C=O) groups excluding carboxylic acids is 1. The van der Waals surface area contributed by atoms with Gasteiger partial charge < -0.3 is 11.1 Å². The molecule has 0 heterocycles. The largest absolute Gasteiger partial charge is 0.399 e. The number of carbonyl (C=O) groups is 1. The molecule has 128 valence electrons. The lowest BCUT2D eigenvalue weighted by Gasteiger charge is -2.42. The second-order valence-corrected chi connectivity index (χ2v) is 6.77. The number of nitrogen functional groups attached to an aromatic ring is 1. The second kappa shape index (κ2) is 7.91. The SMILES string of the molecule is Cl.Nc1ccc(CC(=O)NCC2(c3ccc(Cl)cc3)CCC2)cc1. The molecule has 24 heavy (non-hydrogen) atoms. The first-order valence-corrected chi connectivity index (χ1v) is 8.32. The number of nitrogens with two attached hydrogens (primary N) is 1. The quantitative estimate of drug-likeness (QED) is 0.783. The number of halogens is 2. The molecule has 0 unspecified atom stereocenters. The number of benzene rings is 2. The van der Waals surface area contributed by atoms with E-state index in [-0.39, 0.29) is 23.7 Å². The van der Waals surface area contributed by atoms with Crippen LogP contribution in [0.15, 0.2) is 48.5 Å². The maximum Gasteiger partial charge on any atom is 0.224 e. The molecular formula is C19H22Cl2N2O. The predicted octanol–water partition coefficient (Wildman–Crippen LogP) is 4.12. The normalized spacial score (nSPS) is 15.0. The van der Waals surface area contributed by atoms with Gasteiger partial charge in [0, 0.05) is 22.7 Å². The third kappa shape index (κ3) is 4.22. The Hall–Kier alpha value is -1.71. The number of anilines is 1. The van der Waals surface area contributed by atoms with Crippen molar-refractivity contribution in [3.05, 3.63) is 64.7 Å². The second-order valence-electron chi connectivity index (χ2n) is 6.34. The smallest absolute Gasteiger partial charge is 0.224 e. The first kappa shape index (κ1) is 18.6. The lowest BCUT2D eigenvalue weighted by atomic mass is 9.64. The molecule has 0 spiro atoms. The Morgan fingerprint density at radius 1 is 1.08 bits per heavy atom. The maximum atomic E-state index is 12.2. The van der Waals surface area contributed by atoms with Crippen molar-refractivity contribution in [3.63, 3.8) is 0 Å². The molecule has 0 atom stereocenters. The van der Waals surface area contributed by atoms with Crippen LogP contribution in [0.25, 0.3) is 0 Å². The van der Waals surface area contributed by atoms with Gasteiger partial charge in [0.05, 0.1) is 6.42 Å². The van der Waals surface area contributed by atoms with E-state index in [1.54, 1.807) is 0 Å². The van der Waals surface area contributed by atoms with Gasteiger partial charge >= 0.3 is 0 Å².